The number of anilines is 1. The summed E-state index contributed by atoms with van der Waals surface area (Å²) in [6, 6.07) is 12.4. The van der Waals surface area contributed by atoms with Crippen LogP contribution in [0.1, 0.15) is 26.4 Å². The normalized spacial score (nSPS) is 10.4. The van der Waals surface area contributed by atoms with E-state index in [1.807, 2.05) is 24.3 Å². The molecule has 0 aliphatic rings. The van der Waals surface area contributed by atoms with E-state index in [0.717, 1.165) is 4.47 Å². The highest BCUT2D eigenvalue weighted by molar-refractivity contribution is 9.10. The van der Waals surface area contributed by atoms with Gasteiger partial charge in [0.25, 0.3) is 11.8 Å². The Morgan fingerprint density at radius 2 is 1.97 bits per heavy atom. The first-order valence-electron chi connectivity index (χ1n) is 8.58. The zero-order valence-corrected chi connectivity index (χ0v) is 17.4. The summed E-state index contributed by atoms with van der Waals surface area (Å²) in [5, 5.41) is 6.62. The predicted molar refractivity (Wildman–Crippen MR) is 111 cm³/mol. The summed E-state index contributed by atoms with van der Waals surface area (Å²) in [6.07, 6.45) is 1.51. The number of aryl methyl sites for hydroxylation is 1. The van der Waals surface area contributed by atoms with E-state index in [1.54, 1.807) is 32.4 Å². The van der Waals surface area contributed by atoms with Crippen molar-refractivity contribution in [2.75, 3.05) is 12.4 Å². The molecule has 3 rings (SSSR count). The smallest absolute Gasteiger partial charge is 0.271 e. The maximum Gasteiger partial charge on any atom is 0.271 e. The highest BCUT2D eigenvalue weighted by Crippen LogP contribution is 2.27. The van der Waals surface area contributed by atoms with Crippen LogP contribution in [0.2, 0.25) is 0 Å². The van der Waals surface area contributed by atoms with Crippen molar-refractivity contribution < 1.29 is 19.1 Å². The molecule has 0 aliphatic carbocycles. The van der Waals surface area contributed by atoms with Crippen LogP contribution in [0.15, 0.2) is 53.1 Å². The lowest BCUT2D eigenvalue weighted by Crippen LogP contribution is -2.18. The third kappa shape index (κ3) is 4.75. The molecule has 0 radical (unpaired) electrons. The molecule has 0 unspecified atom stereocenters. The molecule has 0 saturated heterocycles. The molecule has 150 valence electrons. The van der Waals surface area contributed by atoms with E-state index in [9.17, 15) is 9.59 Å². The molecule has 1 heterocycles. The van der Waals surface area contributed by atoms with E-state index in [1.165, 1.54) is 10.9 Å². The summed E-state index contributed by atoms with van der Waals surface area (Å²) in [5.74, 6) is 0.127. The number of carbonyl (C=O) groups excluding carboxylic acids is 2. The zero-order chi connectivity index (χ0) is 21.0. The largest absolute Gasteiger partial charge is 0.496 e. The molecule has 0 saturated carbocycles. The molecular formula is C20H19BrN4O4. The van der Waals surface area contributed by atoms with Gasteiger partial charge in [-0.05, 0) is 46.3 Å². The van der Waals surface area contributed by atoms with Gasteiger partial charge in [-0.2, -0.15) is 5.10 Å². The van der Waals surface area contributed by atoms with Crippen molar-refractivity contribution in [2.45, 2.75) is 6.61 Å². The van der Waals surface area contributed by atoms with Gasteiger partial charge in [0, 0.05) is 24.4 Å². The number of nitrogens with one attached hydrogen (secondary N) is 1. The lowest BCUT2D eigenvalue weighted by Gasteiger charge is -2.13. The maximum atomic E-state index is 12.7. The van der Waals surface area contributed by atoms with Crippen LogP contribution in [0.25, 0.3) is 0 Å². The molecule has 8 nitrogen and oxygen atoms in total. The SMILES string of the molecule is COc1ccc(C(=O)Nc2cn(C)nc2C(N)=O)cc1COc1ccccc1Br. The molecular weight excluding hydrogens is 440 g/mol. The summed E-state index contributed by atoms with van der Waals surface area (Å²) in [5.41, 5.74) is 6.61. The highest BCUT2D eigenvalue weighted by atomic mass is 79.9. The Kier molecular flexibility index (Phi) is 6.18. The molecule has 29 heavy (non-hydrogen) atoms. The lowest BCUT2D eigenvalue weighted by molar-refractivity contribution is 0.0995. The van der Waals surface area contributed by atoms with Crippen LogP contribution in [0.3, 0.4) is 0 Å². The van der Waals surface area contributed by atoms with E-state index in [-0.39, 0.29) is 18.0 Å². The fourth-order valence-electron chi connectivity index (χ4n) is 2.71. The highest BCUT2D eigenvalue weighted by Gasteiger charge is 2.17. The molecule has 1 aromatic heterocycles. The Bertz CT molecular complexity index is 1060. The number of methoxy groups -OCH3 is 1. The first-order valence-corrected chi connectivity index (χ1v) is 9.37. The number of hydrogen-bond donors (Lipinski definition) is 2. The number of aromatic nitrogens is 2. The van der Waals surface area contributed by atoms with Crippen LogP contribution in [0.5, 0.6) is 11.5 Å². The molecule has 3 aromatic rings. The molecule has 3 N–H and O–H groups in total. The van der Waals surface area contributed by atoms with Gasteiger partial charge in [-0.25, -0.2) is 0 Å². The average molecular weight is 459 g/mol. The van der Waals surface area contributed by atoms with Gasteiger partial charge in [-0.1, -0.05) is 12.1 Å². The summed E-state index contributed by atoms with van der Waals surface area (Å²) >= 11 is 3.43. The Hall–Kier alpha value is -3.33. The van der Waals surface area contributed by atoms with Crippen LogP contribution in [-0.4, -0.2) is 28.7 Å². The van der Waals surface area contributed by atoms with Crippen LogP contribution in [-0.2, 0) is 13.7 Å². The third-order valence-electron chi connectivity index (χ3n) is 4.07. The molecule has 0 aliphatic heterocycles. The molecule has 9 heteroatoms. The number of primary amides is 1. The van der Waals surface area contributed by atoms with Gasteiger partial charge in [0.2, 0.25) is 0 Å². The van der Waals surface area contributed by atoms with Gasteiger partial charge in [-0.15, -0.1) is 0 Å². The van der Waals surface area contributed by atoms with E-state index >= 15 is 0 Å². The number of nitrogens with zero attached hydrogens (tertiary/aromatic N) is 2. The van der Waals surface area contributed by atoms with E-state index in [4.69, 9.17) is 15.2 Å². The van der Waals surface area contributed by atoms with Crippen molar-refractivity contribution in [3.05, 3.63) is 70.0 Å². The Labute approximate surface area is 175 Å². The minimum absolute atomic E-state index is 0.00755. The van der Waals surface area contributed by atoms with Crippen molar-refractivity contribution in [1.29, 1.82) is 0 Å². The van der Waals surface area contributed by atoms with Crippen LogP contribution in [0, 0.1) is 0 Å². The average Bonchev–Trinajstić information content (AvgIpc) is 3.07. The zero-order valence-electron chi connectivity index (χ0n) is 15.8. The minimum atomic E-state index is -0.724. The first kappa shape index (κ1) is 20.4. The predicted octanol–water partition coefficient (Wildman–Crippen LogP) is 3.12. The van der Waals surface area contributed by atoms with Crippen molar-refractivity contribution >= 4 is 33.4 Å². The molecule has 0 fully saturated rings. The van der Waals surface area contributed by atoms with Crippen molar-refractivity contribution in [1.82, 2.24) is 9.78 Å². The Morgan fingerprint density at radius 1 is 1.21 bits per heavy atom. The van der Waals surface area contributed by atoms with E-state index < -0.39 is 11.8 Å². The van der Waals surface area contributed by atoms with Gasteiger partial charge in [0.05, 0.1) is 17.3 Å². The van der Waals surface area contributed by atoms with Gasteiger partial charge in [0.1, 0.15) is 18.1 Å². The number of carbonyl (C=O) groups is 2. The second kappa shape index (κ2) is 8.78. The molecule has 2 amide bonds. The fourth-order valence-corrected chi connectivity index (χ4v) is 3.11. The van der Waals surface area contributed by atoms with Crippen LogP contribution in [0.4, 0.5) is 5.69 Å². The minimum Gasteiger partial charge on any atom is -0.496 e. The van der Waals surface area contributed by atoms with Crippen molar-refractivity contribution in [3.8, 4) is 11.5 Å². The van der Waals surface area contributed by atoms with Crippen molar-refractivity contribution in [3.63, 3.8) is 0 Å². The van der Waals surface area contributed by atoms with Gasteiger partial charge in [0.15, 0.2) is 5.69 Å². The number of nitrogens with two attached hydrogens (primary N) is 1. The number of rotatable bonds is 7. The Morgan fingerprint density at radius 3 is 2.66 bits per heavy atom. The number of hydrogen-bond acceptors (Lipinski definition) is 5. The third-order valence-corrected chi connectivity index (χ3v) is 4.73. The molecule has 0 spiro atoms. The quantitative estimate of drug-likeness (QED) is 0.565. The number of ether oxygens (including phenoxy) is 2. The fraction of sp³-hybridized carbons (Fsp3) is 0.150. The van der Waals surface area contributed by atoms with E-state index in [2.05, 4.69) is 26.3 Å². The first-order chi connectivity index (χ1) is 13.9. The lowest BCUT2D eigenvalue weighted by atomic mass is 10.1. The van der Waals surface area contributed by atoms with Gasteiger partial charge >= 0.3 is 0 Å². The number of amides is 2. The summed E-state index contributed by atoms with van der Waals surface area (Å²) in [7, 11) is 3.18. The second-order valence-electron chi connectivity index (χ2n) is 6.13. The van der Waals surface area contributed by atoms with Gasteiger partial charge < -0.3 is 20.5 Å². The standard InChI is InChI=1S/C20H19BrN4O4/c1-25-10-15(18(24-25)19(22)26)23-20(27)12-7-8-16(28-2)13(9-12)11-29-17-6-4-3-5-14(17)21/h3-10H,11H2,1-2H3,(H2,22,26)(H,23,27). The Balaban J connectivity index is 1.81. The number of benzene rings is 2. The van der Waals surface area contributed by atoms with Crippen LogP contribution >= 0.6 is 15.9 Å². The van der Waals surface area contributed by atoms with E-state index in [0.29, 0.717) is 22.6 Å². The topological polar surface area (TPSA) is 108 Å². The number of halogens is 1. The molecule has 2 aromatic carbocycles. The monoisotopic (exact) mass is 458 g/mol. The van der Waals surface area contributed by atoms with Gasteiger partial charge in [-0.3, -0.25) is 14.3 Å². The van der Waals surface area contributed by atoms with Crippen molar-refractivity contribution in [2.24, 2.45) is 12.8 Å². The van der Waals surface area contributed by atoms with Crippen LogP contribution < -0.4 is 20.5 Å². The summed E-state index contributed by atoms with van der Waals surface area (Å²) in [4.78, 5) is 24.2. The second-order valence-corrected chi connectivity index (χ2v) is 6.98. The summed E-state index contributed by atoms with van der Waals surface area (Å²) < 4.78 is 13.4. The molecule has 0 atom stereocenters. The number of para-hydroxylation sites is 1. The maximum absolute atomic E-state index is 12.7. The summed E-state index contributed by atoms with van der Waals surface area (Å²) in [6.45, 7) is 0.201. The molecule has 0 bridgehead atoms.